The third-order valence-electron chi connectivity index (χ3n) is 6.41. The summed E-state index contributed by atoms with van der Waals surface area (Å²) in [6, 6.07) is 21.9. The van der Waals surface area contributed by atoms with Gasteiger partial charge in [-0.1, -0.05) is 47.5 Å². The van der Waals surface area contributed by atoms with Crippen molar-refractivity contribution in [1.82, 2.24) is 9.88 Å². The maximum Gasteiger partial charge on any atom is 0.298 e. The summed E-state index contributed by atoms with van der Waals surface area (Å²) in [4.78, 5) is 8.85. The van der Waals surface area contributed by atoms with E-state index in [1.54, 1.807) is 24.3 Å². The van der Waals surface area contributed by atoms with Crippen LogP contribution in [0.25, 0.3) is 11.1 Å². The number of fused-ring (bicyclic) bond motifs is 1. The van der Waals surface area contributed by atoms with Crippen molar-refractivity contribution < 1.29 is 27.2 Å². The molecule has 1 aliphatic heterocycles. The second-order valence-corrected chi connectivity index (χ2v) is 11.3. The van der Waals surface area contributed by atoms with E-state index < -0.39 is 16.2 Å². The number of aliphatic hydroxyl groups is 1. The summed E-state index contributed by atoms with van der Waals surface area (Å²) in [6.45, 7) is 4.42. The van der Waals surface area contributed by atoms with Crippen LogP contribution in [-0.2, 0) is 10.1 Å². The molecular formula is C28H32ClN3O6S. The molecule has 1 aliphatic rings. The molecule has 9 nitrogen and oxygen atoms in total. The number of para-hydroxylation sites is 2. The molecule has 39 heavy (non-hydrogen) atoms. The van der Waals surface area contributed by atoms with Gasteiger partial charge in [0, 0.05) is 37.7 Å². The summed E-state index contributed by atoms with van der Waals surface area (Å²) >= 11 is 5.95. The minimum absolute atomic E-state index is 0.0666. The number of likely N-dealkylation sites (N-methyl/N-ethyl adjacent to an activating group) is 1. The lowest BCUT2D eigenvalue weighted by molar-refractivity contribution is 0.0754. The number of hydrogen-bond acceptors (Lipinski definition) is 8. The predicted molar refractivity (Wildman–Crippen MR) is 151 cm³/mol. The Labute approximate surface area is 233 Å². The van der Waals surface area contributed by atoms with Gasteiger partial charge in [-0.25, -0.2) is 0 Å². The quantitative estimate of drug-likeness (QED) is 0.290. The number of β-amino-alcohol motifs (C(OH)–C–C–N with tert-alkyl or cyclic N) is 1. The van der Waals surface area contributed by atoms with Crippen molar-refractivity contribution in [3.05, 3.63) is 83.4 Å². The molecule has 1 aromatic heterocycles. The maximum atomic E-state index is 10.5. The van der Waals surface area contributed by atoms with Crippen molar-refractivity contribution in [1.29, 1.82) is 0 Å². The van der Waals surface area contributed by atoms with Crippen LogP contribution in [0.1, 0.15) is 12.0 Å². The maximum absolute atomic E-state index is 10.5. The molecule has 1 fully saturated rings. The number of anilines is 1. The zero-order valence-electron chi connectivity index (χ0n) is 21.8. The number of aromatic nitrogens is 1. The molecule has 2 heterocycles. The Hall–Kier alpha value is -3.15. The van der Waals surface area contributed by atoms with Gasteiger partial charge in [0.1, 0.15) is 24.0 Å². The van der Waals surface area contributed by atoms with Gasteiger partial charge in [0.05, 0.1) is 4.90 Å². The highest BCUT2D eigenvalue weighted by molar-refractivity contribution is 7.85. The first-order valence-electron chi connectivity index (χ1n) is 12.5. The lowest BCUT2D eigenvalue weighted by Gasteiger charge is -2.24. The minimum Gasteiger partial charge on any atom is -0.491 e. The van der Waals surface area contributed by atoms with E-state index in [1.165, 1.54) is 12.1 Å². The van der Waals surface area contributed by atoms with E-state index in [2.05, 4.69) is 14.8 Å². The summed E-state index contributed by atoms with van der Waals surface area (Å²) < 4.78 is 41.1. The predicted octanol–water partition coefficient (Wildman–Crippen LogP) is 4.67. The molecule has 0 aliphatic carbocycles. The van der Waals surface area contributed by atoms with Crippen LogP contribution in [0.4, 0.5) is 6.01 Å². The summed E-state index contributed by atoms with van der Waals surface area (Å²) in [5.41, 5.74) is 2.62. The number of halogens is 1. The van der Waals surface area contributed by atoms with Gasteiger partial charge in [0.15, 0.2) is 5.58 Å². The molecular weight excluding hydrogens is 542 g/mol. The Morgan fingerprint density at radius 3 is 2.59 bits per heavy atom. The van der Waals surface area contributed by atoms with E-state index >= 15 is 0 Å². The normalized spacial score (nSPS) is 16.5. The molecule has 3 aromatic carbocycles. The zero-order chi connectivity index (χ0) is 28.0. The van der Waals surface area contributed by atoms with Crippen molar-refractivity contribution in [2.75, 3.05) is 38.2 Å². The van der Waals surface area contributed by atoms with E-state index in [1.807, 2.05) is 50.4 Å². The van der Waals surface area contributed by atoms with E-state index in [4.69, 9.17) is 25.3 Å². The van der Waals surface area contributed by atoms with Crippen LogP contribution >= 0.6 is 11.6 Å². The molecule has 0 spiro atoms. The summed E-state index contributed by atoms with van der Waals surface area (Å²) in [7, 11) is -2.01. The second-order valence-electron chi connectivity index (χ2n) is 9.49. The Kier molecular flexibility index (Phi) is 9.47. The molecule has 2 atom stereocenters. The number of aryl methyl sites for hydroxylation is 1. The highest BCUT2D eigenvalue weighted by atomic mass is 35.5. The SMILES string of the molecule is CN(c1nc2ccccc2o1)C1CCN(CC(O)COc2cccc(Cl)c2)C1.Cc1ccc(S(=O)(=O)O)cc1. The molecule has 0 bridgehead atoms. The van der Waals surface area contributed by atoms with Crippen LogP contribution in [-0.4, -0.2) is 73.4 Å². The molecule has 4 aromatic rings. The van der Waals surface area contributed by atoms with E-state index in [-0.39, 0.29) is 11.5 Å². The number of oxazole rings is 1. The Morgan fingerprint density at radius 1 is 1.15 bits per heavy atom. The first-order valence-corrected chi connectivity index (χ1v) is 14.3. The van der Waals surface area contributed by atoms with Crippen molar-refractivity contribution >= 4 is 38.8 Å². The van der Waals surface area contributed by atoms with Crippen molar-refractivity contribution in [2.45, 2.75) is 30.4 Å². The largest absolute Gasteiger partial charge is 0.491 e. The number of aliphatic hydroxyl groups excluding tert-OH is 1. The smallest absolute Gasteiger partial charge is 0.298 e. The van der Waals surface area contributed by atoms with Gasteiger partial charge in [-0.2, -0.15) is 13.4 Å². The van der Waals surface area contributed by atoms with Crippen molar-refractivity contribution in [2.24, 2.45) is 0 Å². The van der Waals surface area contributed by atoms with Crippen molar-refractivity contribution in [3.8, 4) is 5.75 Å². The van der Waals surface area contributed by atoms with Gasteiger partial charge in [-0.3, -0.25) is 9.45 Å². The number of ether oxygens (including phenoxy) is 1. The van der Waals surface area contributed by atoms with Gasteiger partial charge in [0.25, 0.3) is 16.1 Å². The van der Waals surface area contributed by atoms with E-state index in [0.29, 0.717) is 29.4 Å². The molecule has 11 heteroatoms. The lowest BCUT2D eigenvalue weighted by atomic mass is 10.2. The fourth-order valence-electron chi connectivity index (χ4n) is 4.27. The molecule has 5 rings (SSSR count). The molecule has 0 saturated carbocycles. The first-order chi connectivity index (χ1) is 18.6. The standard InChI is InChI=1S/C21H24ClN3O3.C7H8O3S/c1-24(21-23-19-7-2-3-8-20(19)28-21)16-9-10-25(12-16)13-17(26)14-27-18-6-4-5-15(22)11-18;1-6-2-4-7(5-3-6)11(8,9)10/h2-8,11,16-17,26H,9-10,12-14H2,1H3;2-5H,1H3,(H,8,9,10). The van der Waals surface area contributed by atoms with Crippen LogP contribution in [0.5, 0.6) is 5.75 Å². The summed E-state index contributed by atoms with van der Waals surface area (Å²) in [5.74, 6) is 0.668. The molecule has 0 radical (unpaired) electrons. The number of nitrogens with zero attached hydrogens (tertiary/aromatic N) is 3. The van der Waals surface area contributed by atoms with E-state index in [9.17, 15) is 13.5 Å². The number of hydrogen-bond donors (Lipinski definition) is 2. The van der Waals surface area contributed by atoms with Crippen LogP contribution in [0, 0.1) is 6.92 Å². The topological polar surface area (TPSA) is 116 Å². The third kappa shape index (κ3) is 8.17. The van der Waals surface area contributed by atoms with Gasteiger partial charge in [-0.05, 0) is 55.8 Å². The van der Waals surface area contributed by atoms with Crippen molar-refractivity contribution in [3.63, 3.8) is 0 Å². The Balaban J connectivity index is 0.000000270. The molecule has 1 saturated heterocycles. The highest BCUT2D eigenvalue weighted by Gasteiger charge is 2.29. The average molecular weight is 574 g/mol. The fraction of sp³-hybridized carbons (Fsp3) is 0.321. The fourth-order valence-corrected chi connectivity index (χ4v) is 4.93. The summed E-state index contributed by atoms with van der Waals surface area (Å²) in [5, 5.41) is 11.0. The van der Waals surface area contributed by atoms with Crippen LogP contribution in [0.15, 0.2) is 82.1 Å². The van der Waals surface area contributed by atoms with Crippen LogP contribution in [0.2, 0.25) is 5.02 Å². The molecule has 0 amide bonds. The lowest BCUT2D eigenvalue weighted by Crippen LogP contribution is -2.38. The van der Waals surface area contributed by atoms with Gasteiger partial charge < -0.3 is 19.2 Å². The van der Waals surface area contributed by atoms with E-state index in [0.717, 1.165) is 36.2 Å². The Morgan fingerprint density at radius 2 is 1.90 bits per heavy atom. The average Bonchev–Trinajstić information content (AvgIpc) is 3.54. The van der Waals surface area contributed by atoms with Crippen LogP contribution < -0.4 is 9.64 Å². The van der Waals surface area contributed by atoms with Gasteiger partial charge >= 0.3 is 0 Å². The first kappa shape index (κ1) is 28.8. The number of rotatable bonds is 8. The summed E-state index contributed by atoms with van der Waals surface area (Å²) in [6.07, 6.45) is 0.434. The zero-order valence-corrected chi connectivity index (χ0v) is 23.3. The second kappa shape index (κ2) is 12.8. The van der Waals surface area contributed by atoms with Gasteiger partial charge in [-0.15, -0.1) is 0 Å². The number of likely N-dealkylation sites (tertiary alicyclic amines) is 1. The monoisotopic (exact) mass is 573 g/mol. The van der Waals surface area contributed by atoms with Gasteiger partial charge in [0.2, 0.25) is 0 Å². The minimum atomic E-state index is -4.02. The molecule has 2 N–H and O–H groups in total. The molecule has 2 unspecified atom stereocenters. The highest BCUT2D eigenvalue weighted by Crippen LogP contribution is 2.25. The van der Waals surface area contributed by atoms with Crippen LogP contribution in [0.3, 0.4) is 0 Å². The Bertz CT molecular complexity index is 1450. The number of benzene rings is 3. The molecule has 208 valence electrons. The third-order valence-corrected chi connectivity index (χ3v) is 7.51.